The van der Waals surface area contributed by atoms with E-state index < -0.39 is 0 Å². The van der Waals surface area contributed by atoms with Crippen LogP contribution in [-0.4, -0.2) is 34.5 Å². The molecule has 61 heavy (non-hydrogen) atoms. The molecule has 0 radical (unpaired) electrons. The minimum absolute atomic E-state index is 0.00722. The molecule has 0 aliphatic heterocycles. The lowest BCUT2D eigenvalue weighted by Gasteiger charge is -2.26. The van der Waals surface area contributed by atoms with Crippen molar-refractivity contribution in [2.75, 3.05) is 12.4 Å². The molecule has 0 rings (SSSR count). The molecule has 0 bridgehead atoms. The van der Waals surface area contributed by atoms with Gasteiger partial charge in [0, 0.05) is 11.0 Å². The molecule has 0 fully saturated rings. The fourth-order valence-electron chi connectivity index (χ4n) is 2.50. The molecule has 0 amide bonds. The summed E-state index contributed by atoms with van der Waals surface area (Å²) in [4.78, 5) is 4.40. The second-order valence-corrected chi connectivity index (χ2v) is 33.1. The molecule has 376 valence electrons. The number of ether oxygens (including phenoxy) is 1. The Morgan fingerprint density at radius 3 is 0.754 bits per heavy atom. The van der Waals surface area contributed by atoms with Gasteiger partial charge in [0.05, 0.1) is 17.7 Å². The van der Waals surface area contributed by atoms with E-state index in [9.17, 15) is 0 Å². The molecule has 0 aliphatic carbocycles. The maximum absolute atomic E-state index is 5.59. The van der Waals surface area contributed by atoms with E-state index in [1.807, 2.05) is 18.0 Å². The van der Waals surface area contributed by atoms with E-state index in [1.165, 1.54) is 25.0 Å². The smallest absolute Gasteiger partial charge is 0.0598 e. The SMILES string of the molecule is CC(C)(C)C.CC(C)(C)C=CC(C)(C)C.CC(C)(C)C=NC(C)(C)C.CC(C)(C)CCC(C)(C)C.CC(C)(C)COC(C)(C)C.CC(C)(C)CSC(C)(C)C.CCC(C)(C)C. The van der Waals surface area contributed by atoms with Gasteiger partial charge in [0.15, 0.2) is 0 Å². The van der Waals surface area contributed by atoms with Crippen molar-refractivity contribution in [2.45, 2.75) is 298 Å². The second kappa shape index (κ2) is 30.1. The monoisotopic (exact) mass is 886 g/mol. The van der Waals surface area contributed by atoms with Crippen LogP contribution in [0.15, 0.2) is 17.1 Å². The van der Waals surface area contributed by atoms with Gasteiger partial charge in [0.1, 0.15) is 0 Å². The number of nitrogens with zero attached hydrogens (tertiary/aromatic N) is 1. The van der Waals surface area contributed by atoms with Crippen LogP contribution < -0.4 is 0 Å². The lowest BCUT2D eigenvalue weighted by atomic mass is 9.81. The first-order chi connectivity index (χ1) is 25.6. The van der Waals surface area contributed by atoms with Gasteiger partial charge in [-0.2, -0.15) is 11.8 Å². The zero-order valence-corrected chi connectivity index (χ0v) is 51.3. The van der Waals surface area contributed by atoms with Crippen LogP contribution in [0.2, 0.25) is 0 Å². The average Bonchev–Trinajstić information content (AvgIpc) is 2.89. The van der Waals surface area contributed by atoms with Crippen LogP contribution >= 0.6 is 11.8 Å². The lowest BCUT2D eigenvalue weighted by molar-refractivity contribution is -0.0382. The van der Waals surface area contributed by atoms with Gasteiger partial charge in [-0.25, -0.2) is 0 Å². The van der Waals surface area contributed by atoms with Crippen molar-refractivity contribution in [1.29, 1.82) is 0 Å². The highest BCUT2D eigenvalue weighted by atomic mass is 32.2. The van der Waals surface area contributed by atoms with Crippen molar-refractivity contribution in [3.63, 3.8) is 0 Å². The van der Waals surface area contributed by atoms with Crippen LogP contribution in [0.1, 0.15) is 282 Å². The van der Waals surface area contributed by atoms with Gasteiger partial charge in [-0.05, 0) is 109 Å². The molecule has 0 spiro atoms. The van der Waals surface area contributed by atoms with E-state index in [2.05, 4.69) is 280 Å². The molecule has 0 N–H and O–H groups in total. The molecule has 0 aromatic heterocycles. The summed E-state index contributed by atoms with van der Waals surface area (Å²) in [7, 11) is 0. The minimum atomic E-state index is 0.00722. The van der Waals surface area contributed by atoms with E-state index in [0.29, 0.717) is 42.7 Å². The van der Waals surface area contributed by atoms with Crippen molar-refractivity contribution >= 4 is 18.0 Å². The summed E-state index contributed by atoms with van der Waals surface area (Å²) in [6, 6.07) is 0. The maximum atomic E-state index is 5.59. The summed E-state index contributed by atoms with van der Waals surface area (Å²) in [5.74, 6) is 1.25. The zero-order valence-electron chi connectivity index (χ0n) is 50.5. The summed E-state index contributed by atoms with van der Waals surface area (Å²) >= 11 is 2.04. The molecule has 0 saturated heterocycles. The van der Waals surface area contributed by atoms with E-state index >= 15 is 0 Å². The summed E-state index contributed by atoms with van der Waals surface area (Å²) in [5.41, 5.74) is 3.76. The molecule has 0 aromatic rings. The third-order valence-corrected chi connectivity index (χ3v) is 8.36. The molecular formula is C58H127NOS. The molecule has 3 heteroatoms. The second-order valence-electron chi connectivity index (χ2n) is 31.3. The molecule has 0 aliphatic rings. The molecule has 0 atom stereocenters. The van der Waals surface area contributed by atoms with E-state index in [0.717, 1.165) is 6.61 Å². The number of allylic oxidation sites excluding steroid dienone is 2. The fraction of sp³-hybridized carbons (Fsp3) is 0.948. The largest absolute Gasteiger partial charge is 0.375 e. The van der Waals surface area contributed by atoms with Crippen molar-refractivity contribution in [2.24, 2.45) is 53.7 Å². The number of hydrogen-bond donors (Lipinski definition) is 0. The molecule has 0 saturated carbocycles. The van der Waals surface area contributed by atoms with Gasteiger partial charge in [-0.15, -0.1) is 0 Å². The Bertz CT molecular complexity index is 872. The third-order valence-electron chi connectivity index (χ3n) is 6.48. The summed E-state index contributed by atoms with van der Waals surface area (Å²) in [5, 5.41) is 0. The fourth-order valence-corrected chi connectivity index (χ4v) is 3.37. The van der Waals surface area contributed by atoms with Crippen molar-refractivity contribution in [3.8, 4) is 0 Å². The lowest BCUT2D eigenvalue weighted by Crippen LogP contribution is -2.26. The van der Waals surface area contributed by atoms with E-state index in [-0.39, 0.29) is 22.0 Å². The highest BCUT2D eigenvalue weighted by Crippen LogP contribution is 2.31. The Hall–Kier alpha value is -0.280. The Kier molecular flexibility index (Phi) is 37.0. The van der Waals surface area contributed by atoms with E-state index in [4.69, 9.17) is 4.74 Å². The Morgan fingerprint density at radius 1 is 0.393 bits per heavy atom. The van der Waals surface area contributed by atoms with Crippen LogP contribution in [0.25, 0.3) is 0 Å². The van der Waals surface area contributed by atoms with Crippen molar-refractivity contribution < 1.29 is 4.74 Å². The van der Waals surface area contributed by atoms with E-state index in [1.54, 1.807) is 0 Å². The number of rotatable bonds is 3. The average molecular weight is 887 g/mol. The third kappa shape index (κ3) is 140. The van der Waals surface area contributed by atoms with Crippen LogP contribution in [0, 0.1) is 48.7 Å². The van der Waals surface area contributed by atoms with Gasteiger partial charge in [0.25, 0.3) is 0 Å². The first kappa shape index (κ1) is 75.0. The van der Waals surface area contributed by atoms with Gasteiger partial charge >= 0.3 is 0 Å². The number of hydrogen-bond acceptors (Lipinski definition) is 3. The highest BCUT2D eigenvalue weighted by Gasteiger charge is 2.19. The Balaban J connectivity index is -0.000000113. The molecule has 0 heterocycles. The Labute approximate surface area is 397 Å². The first-order valence-electron chi connectivity index (χ1n) is 24.1. The number of aliphatic imine (C=N–C) groups is 1. The van der Waals surface area contributed by atoms with Crippen LogP contribution in [-0.2, 0) is 4.74 Å². The minimum Gasteiger partial charge on any atom is -0.375 e. The van der Waals surface area contributed by atoms with Crippen molar-refractivity contribution in [1.82, 2.24) is 0 Å². The molecular weight excluding hydrogens is 759 g/mol. The predicted octanol–water partition coefficient (Wildman–Crippen LogP) is 21.3. The van der Waals surface area contributed by atoms with Crippen molar-refractivity contribution in [3.05, 3.63) is 12.2 Å². The Morgan fingerprint density at radius 2 is 0.672 bits per heavy atom. The molecule has 0 unspecified atom stereocenters. The summed E-state index contributed by atoms with van der Waals surface area (Å²) in [6.45, 7) is 84.9. The zero-order chi connectivity index (χ0) is 51.8. The van der Waals surface area contributed by atoms with Gasteiger partial charge in [-0.1, -0.05) is 240 Å². The summed E-state index contributed by atoms with van der Waals surface area (Å²) in [6.07, 6.45) is 10.5. The van der Waals surface area contributed by atoms with Gasteiger partial charge in [-0.3, -0.25) is 4.99 Å². The first-order valence-corrected chi connectivity index (χ1v) is 25.1. The highest BCUT2D eigenvalue weighted by molar-refractivity contribution is 8.00. The maximum Gasteiger partial charge on any atom is 0.0598 e. The van der Waals surface area contributed by atoms with Crippen LogP contribution in [0.5, 0.6) is 0 Å². The summed E-state index contributed by atoms with van der Waals surface area (Å²) < 4.78 is 6.02. The van der Waals surface area contributed by atoms with Gasteiger partial charge < -0.3 is 4.74 Å². The van der Waals surface area contributed by atoms with Gasteiger partial charge in [0.2, 0.25) is 0 Å². The standard InChI is InChI=1S/C10H22.C10H20.C9H19N.C9H20O.C9H20S.C6H14.C5H12/c2*1-9(2,3)7-8-10(4,5)6;3*1-8(2,3)7-10-9(4,5)6;1-5-6(2,3)4;1-5(2,3)4/h7-8H2,1-6H3;7-8H,1-6H3;7H,1-6H3;2*7H2,1-6H3;5H2,1-4H3;1-4H3. The molecule has 2 nitrogen and oxygen atoms in total. The predicted molar refractivity (Wildman–Crippen MR) is 296 cm³/mol. The van der Waals surface area contributed by atoms with Crippen LogP contribution in [0.4, 0.5) is 0 Å². The molecule has 0 aromatic carbocycles. The quantitative estimate of drug-likeness (QED) is 0.208. The topological polar surface area (TPSA) is 21.6 Å². The normalized spacial score (nSPS) is 13.7. The van der Waals surface area contributed by atoms with Crippen LogP contribution in [0.3, 0.4) is 0 Å². The number of thioether (sulfide) groups is 1.